The molecule has 1 unspecified atom stereocenters. The van der Waals surface area contributed by atoms with E-state index in [1.54, 1.807) is 0 Å². The highest BCUT2D eigenvalue weighted by atomic mass is 35.5. The van der Waals surface area contributed by atoms with Crippen molar-refractivity contribution in [3.8, 4) is 0 Å². The second-order valence-corrected chi connectivity index (χ2v) is 7.38. The molecule has 2 N–H and O–H groups in total. The fourth-order valence-corrected chi connectivity index (χ4v) is 3.88. The Morgan fingerprint density at radius 3 is 3.00 bits per heavy atom. The standard InChI is InChI=1S/C15H22ClNOS/c1-15(2,7-8-18)10-17-13-6-9-19-14-11(13)4-3-5-12(14)16/h3-5,13,17-18H,6-10H2,1-2H3. The summed E-state index contributed by atoms with van der Waals surface area (Å²) in [6.45, 7) is 5.53. The van der Waals surface area contributed by atoms with E-state index in [2.05, 4.69) is 25.2 Å². The first-order valence-electron chi connectivity index (χ1n) is 6.79. The predicted octanol–water partition coefficient (Wildman–Crippen LogP) is 3.88. The molecule has 0 saturated carbocycles. The molecule has 19 heavy (non-hydrogen) atoms. The van der Waals surface area contributed by atoms with Crippen LogP contribution >= 0.6 is 23.4 Å². The molecule has 0 fully saturated rings. The first-order chi connectivity index (χ1) is 9.03. The Labute approximate surface area is 124 Å². The van der Waals surface area contributed by atoms with Crippen LogP contribution in [0.4, 0.5) is 0 Å². The molecule has 1 aliphatic rings. The van der Waals surface area contributed by atoms with Crippen molar-refractivity contribution in [1.82, 2.24) is 5.32 Å². The summed E-state index contributed by atoms with van der Waals surface area (Å²) in [6.07, 6.45) is 1.96. The number of hydrogen-bond acceptors (Lipinski definition) is 3. The second-order valence-electron chi connectivity index (χ2n) is 5.87. The molecule has 1 aliphatic heterocycles. The lowest BCUT2D eigenvalue weighted by atomic mass is 9.89. The Hall–Kier alpha value is -0.220. The first kappa shape index (κ1) is 15.2. The maximum absolute atomic E-state index is 9.08. The van der Waals surface area contributed by atoms with E-state index < -0.39 is 0 Å². The molecule has 0 aliphatic carbocycles. The number of hydrogen-bond donors (Lipinski definition) is 2. The molecule has 0 saturated heterocycles. The van der Waals surface area contributed by atoms with Gasteiger partial charge in [-0.1, -0.05) is 37.6 Å². The van der Waals surface area contributed by atoms with Crippen LogP contribution in [0, 0.1) is 5.41 Å². The maximum Gasteiger partial charge on any atom is 0.0545 e. The molecule has 1 aromatic rings. The molecule has 106 valence electrons. The molecule has 0 spiro atoms. The number of benzene rings is 1. The van der Waals surface area contributed by atoms with Gasteiger partial charge in [-0.25, -0.2) is 0 Å². The van der Waals surface area contributed by atoms with Gasteiger partial charge in [0.1, 0.15) is 0 Å². The van der Waals surface area contributed by atoms with Crippen molar-refractivity contribution >= 4 is 23.4 Å². The molecule has 2 rings (SSSR count). The predicted molar refractivity (Wildman–Crippen MR) is 83.0 cm³/mol. The van der Waals surface area contributed by atoms with E-state index in [1.165, 1.54) is 10.5 Å². The molecule has 1 aromatic carbocycles. The van der Waals surface area contributed by atoms with Crippen LogP contribution < -0.4 is 5.32 Å². The normalized spacial score (nSPS) is 19.3. The van der Waals surface area contributed by atoms with Gasteiger partial charge in [0.2, 0.25) is 0 Å². The number of aliphatic hydroxyl groups is 1. The maximum atomic E-state index is 9.08. The molecule has 0 aromatic heterocycles. The Kier molecular flexibility index (Phi) is 5.18. The summed E-state index contributed by atoms with van der Waals surface area (Å²) in [5.41, 5.74) is 1.45. The highest BCUT2D eigenvalue weighted by Crippen LogP contribution is 2.40. The van der Waals surface area contributed by atoms with Crippen LogP contribution in [0.2, 0.25) is 5.02 Å². The monoisotopic (exact) mass is 299 g/mol. The van der Waals surface area contributed by atoms with Crippen LogP contribution in [0.25, 0.3) is 0 Å². The van der Waals surface area contributed by atoms with Gasteiger partial charge < -0.3 is 10.4 Å². The van der Waals surface area contributed by atoms with Crippen molar-refractivity contribution in [1.29, 1.82) is 0 Å². The van der Waals surface area contributed by atoms with Crippen molar-refractivity contribution in [2.45, 2.75) is 37.6 Å². The average Bonchev–Trinajstić information content (AvgIpc) is 2.37. The fraction of sp³-hybridized carbons (Fsp3) is 0.600. The number of aliphatic hydroxyl groups excluding tert-OH is 1. The quantitative estimate of drug-likeness (QED) is 0.865. The van der Waals surface area contributed by atoms with E-state index >= 15 is 0 Å². The fourth-order valence-electron chi connectivity index (χ4n) is 2.39. The summed E-state index contributed by atoms with van der Waals surface area (Å²) in [4.78, 5) is 1.23. The number of nitrogens with one attached hydrogen (secondary N) is 1. The van der Waals surface area contributed by atoms with Gasteiger partial charge in [-0.05, 0) is 35.6 Å². The molecule has 4 heteroatoms. The van der Waals surface area contributed by atoms with Crippen molar-refractivity contribution in [3.05, 3.63) is 28.8 Å². The average molecular weight is 300 g/mol. The largest absolute Gasteiger partial charge is 0.396 e. The molecule has 2 nitrogen and oxygen atoms in total. The lowest BCUT2D eigenvalue weighted by Gasteiger charge is -2.31. The van der Waals surface area contributed by atoms with Crippen LogP contribution in [-0.4, -0.2) is 24.0 Å². The minimum atomic E-state index is 0.123. The van der Waals surface area contributed by atoms with Gasteiger partial charge in [-0.2, -0.15) is 0 Å². The van der Waals surface area contributed by atoms with Gasteiger partial charge in [0.05, 0.1) is 5.02 Å². The third kappa shape index (κ3) is 3.88. The molecule has 1 atom stereocenters. The van der Waals surface area contributed by atoms with Gasteiger partial charge in [0.15, 0.2) is 0 Å². The minimum Gasteiger partial charge on any atom is -0.396 e. The summed E-state index contributed by atoms with van der Waals surface area (Å²) < 4.78 is 0. The highest BCUT2D eigenvalue weighted by molar-refractivity contribution is 7.99. The van der Waals surface area contributed by atoms with Gasteiger partial charge >= 0.3 is 0 Å². The van der Waals surface area contributed by atoms with Gasteiger partial charge in [-0.15, -0.1) is 11.8 Å². The van der Waals surface area contributed by atoms with E-state index in [9.17, 15) is 0 Å². The Morgan fingerprint density at radius 1 is 1.47 bits per heavy atom. The van der Waals surface area contributed by atoms with Crippen molar-refractivity contribution in [2.75, 3.05) is 18.9 Å². The lowest BCUT2D eigenvalue weighted by Crippen LogP contribution is -2.34. The Bertz CT molecular complexity index is 436. The van der Waals surface area contributed by atoms with Crippen molar-refractivity contribution < 1.29 is 5.11 Å². The van der Waals surface area contributed by atoms with Crippen LogP contribution in [0.3, 0.4) is 0 Å². The Balaban J connectivity index is 2.06. The topological polar surface area (TPSA) is 32.3 Å². The second kappa shape index (κ2) is 6.49. The van der Waals surface area contributed by atoms with Crippen LogP contribution in [0.1, 0.15) is 38.3 Å². The third-order valence-corrected chi connectivity index (χ3v) is 5.25. The smallest absolute Gasteiger partial charge is 0.0545 e. The zero-order valence-corrected chi connectivity index (χ0v) is 13.2. The zero-order chi connectivity index (χ0) is 13.9. The number of halogens is 1. The summed E-state index contributed by atoms with van der Waals surface area (Å²) >= 11 is 8.12. The molecular weight excluding hydrogens is 278 g/mol. The van der Waals surface area contributed by atoms with E-state index in [0.29, 0.717) is 6.04 Å². The molecular formula is C15H22ClNOS. The number of thioether (sulfide) groups is 1. The number of rotatable bonds is 5. The van der Waals surface area contributed by atoms with Crippen LogP contribution in [0.15, 0.2) is 23.1 Å². The summed E-state index contributed by atoms with van der Waals surface area (Å²) in [5, 5.41) is 13.6. The summed E-state index contributed by atoms with van der Waals surface area (Å²) in [7, 11) is 0. The van der Waals surface area contributed by atoms with Crippen LogP contribution in [-0.2, 0) is 0 Å². The van der Waals surface area contributed by atoms with E-state index in [0.717, 1.165) is 30.2 Å². The SMILES string of the molecule is CC(C)(CCO)CNC1CCSc2c(Cl)cccc21. The van der Waals surface area contributed by atoms with E-state index in [4.69, 9.17) is 16.7 Å². The lowest BCUT2D eigenvalue weighted by molar-refractivity contribution is 0.202. The van der Waals surface area contributed by atoms with Crippen LogP contribution in [0.5, 0.6) is 0 Å². The zero-order valence-electron chi connectivity index (χ0n) is 11.6. The minimum absolute atomic E-state index is 0.123. The molecule has 0 amide bonds. The highest BCUT2D eigenvalue weighted by Gasteiger charge is 2.24. The van der Waals surface area contributed by atoms with Crippen molar-refractivity contribution in [2.24, 2.45) is 5.41 Å². The van der Waals surface area contributed by atoms with Crippen molar-refractivity contribution in [3.63, 3.8) is 0 Å². The van der Waals surface area contributed by atoms with Gasteiger partial charge in [0, 0.05) is 24.1 Å². The van der Waals surface area contributed by atoms with Gasteiger partial charge in [-0.3, -0.25) is 0 Å². The number of fused-ring (bicyclic) bond motifs is 1. The molecule has 0 bridgehead atoms. The summed E-state index contributed by atoms with van der Waals surface area (Å²) in [6, 6.07) is 6.55. The summed E-state index contributed by atoms with van der Waals surface area (Å²) in [5.74, 6) is 1.11. The first-order valence-corrected chi connectivity index (χ1v) is 8.15. The third-order valence-electron chi connectivity index (χ3n) is 3.64. The Morgan fingerprint density at radius 2 is 2.26 bits per heavy atom. The van der Waals surface area contributed by atoms with Gasteiger partial charge in [0.25, 0.3) is 0 Å². The molecule has 0 radical (unpaired) electrons. The van der Waals surface area contributed by atoms with E-state index in [-0.39, 0.29) is 12.0 Å². The molecule has 1 heterocycles. The van der Waals surface area contributed by atoms with E-state index in [1.807, 2.05) is 23.9 Å².